The zero-order valence-electron chi connectivity index (χ0n) is 14.2. The highest BCUT2D eigenvalue weighted by molar-refractivity contribution is 6.06. The van der Waals surface area contributed by atoms with Gasteiger partial charge in [-0.25, -0.2) is 0 Å². The van der Waals surface area contributed by atoms with Crippen LogP contribution in [0.1, 0.15) is 16.1 Å². The molecule has 5 aromatic rings. The number of para-hydroxylation sites is 2. The molecule has 0 saturated carbocycles. The number of hydrogen-bond donors (Lipinski definition) is 2. The molecule has 0 fully saturated rings. The number of rotatable bonds is 4. The molecule has 0 bridgehead atoms. The summed E-state index contributed by atoms with van der Waals surface area (Å²) < 4.78 is 11.1. The van der Waals surface area contributed by atoms with Gasteiger partial charge in [-0.2, -0.15) is 0 Å². The zero-order valence-corrected chi connectivity index (χ0v) is 14.2. The van der Waals surface area contributed by atoms with E-state index in [9.17, 15) is 4.79 Å². The minimum Gasteiger partial charge on any atom is -0.453 e. The highest BCUT2D eigenvalue weighted by Crippen LogP contribution is 2.28. The van der Waals surface area contributed by atoms with Gasteiger partial charge >= 0.3 is 0 Å². The Balaban J connectivity index is 1.32. The summed E-state index contributed by atoms with van der Waals surface area (Å²) in [5.74, 6) is 0.973. The smallest absolute Gasteiger partial charge is 0.253 e. The number of hydrogen-bond acceptors (Lipinski definition) is 4. The van der Waals surface area contributed by atoms with Crippen molar-refractivity contribution in [3.05, 3.63) is 78.1 Å². The third-order valence-corrected chi connectivity index (χ3v) is 4.49. The van der Waals surface area contributed by atoms with Crippen LogP contribution in [0.5, 0.6) is 0 Å². The van der Waals surface area contributed by atoms with Gasteiger partial charge in [0.1, 0.15) is 11.3 Å². The number of benzene rings is 2. The maximum Gasteiger partial charge on any atom is 0.253 e. The highest BCUT2D eigenvalue weighted by Gasteiger charge is 2.14. The molecule has 5 rings (SSSR count). The zero-order chi connectivity index (χ0) is 18.2. The highest BCUT2D eigenvalue weighted by atomic mass is 16.5. The second kappa shape index (κ2) is 6.17. The molecule has 0 aliphatic carbocycles. The van der Waals surface area contributed by atoms with Crippen LogP contribution in [0, 0.1) is 0 Å². The second-order valence-electron chi connectivity index (χ2n) is 6.26. The summed E-state index contributed by atoms with van der Waals surface area (Å²) in [7, 11) is 0. The average molecular weight is 357 g/mol. The summed E-state index contributed by atoms with van der Waals surface area (Å²) in [6, 6.07) is 19.1. The van der Waals surface area contributed by atoms with E-state index in [1.54, 1.807) is 12.3 Å². The Bertz CT molecular complexity index is 1230. The minimum absolute atomic E-state index is 0.166. The van der Waals surface area contributed by atoms with Crippen molar-refractivity contribution < 1.29 is 13.7 Å². The maximum atomic E-state index is 12.5. The molecule has 0 aliphatic rings. The number of amides is 1. The number of aromatic amines is 1. The normalized spacial score (nSPS) is 11.3. The molecule has 3 aromatic heterocycles. The van der Waals surface area contributed by atoms with Crippen molar-refractivity contribution in [1.82, 2.24) is 15.5 Å². The van der Waals surface area contributed by atoms with E-state index in [2.05, 4.69) is 15.5 Å². The first kappa shape index (κ1) is 15.5. The Morgan fingerprint density at radius 3 is 2.81 bits per heavy atom. The third-order valence-electron chi connectivity index (χ3n) is 4.49. The lowest BCUT2D eigenvalue weighted by atomic mass is 10.1. The molecule has 6 heteroatoms. The van der Waals surface area contributed by atoms with E-state index in [1.165, 1.54) is 0 Å². The topological polar surface area (TPSA) is 84.1 Å². The van der Waals surface area contributed by atoms with Gasteiger partial charge in [-0.05, 0) is 18.2 Å². The fraction of sp³-hybridized carbons (Fsp3) is 0.0476. The van der Waals surface area contributed by atoms with E-state index in [0.29, 0.717) is 22.8 Å². The lowest BCUT2D eigenvalue weighted by Gasteiger charge is -2.01. The molecule has 2 aromatic carbocycles. The van der Waals surface area contributed by atoms with Gasteiger partial charge in [-0.1, -0.05) is 41.6 Å². The van der Waals surface area contributed by atoms with Crippen LogP contribution >= 0.6 is 0 Å². The van der Waals surface area contributed by atoms with E-state index < -0.39 is 0 Å². The first-order chi connectivity index (χ1) is 13.3. The predicted octanol–water partition coefficient (Wildman–Crippen LogP) is 4.50. The van der Waals surface area contributed by atoms with E-state index in [1.807, 2.05) is 54.6 Å². The molecular weight excluding hydrogens is 342 g/mol. The van der Waals surface area contributed by atoms with Gasteiger partial charge in [-0.3, -0.25) is 4.79 Å². The molecule has 3 heterocycles. The Labute approximate surface area is 153 Å². The quantitative estimate of drug-likeness (QED) is 0.496. The lowest BCUT2D eigenvalue weighted by Crippen LogP contribution is -2.22. The van der Waals surface area contributed by atoms with Crippen molar-refractivity contribution in [1.29, 1.82) is 0 Å². The molecule has 0 unspecified atom stereocenters. The van der Waals surface area contributed by atoms with Gasteiger partial charge in [0.05, 0.1) is 12.1 Å². The number of nitrogens with zero attached hydrogens (tertiary/aromatic N) is 1. The number of fused-ring (bicyclic) bond motifs is 2. The van der Waals surface area contributed by atoms with Gasteiger partial charge in [0, 0.05) is 28.6 Å². The van der Waals surface area contributed by atoms with Gasteiger partial charge in [0.2, 0.25) is 5.76 Å². The van der Waals surface area contributed by atoms with Crippen molar-refractivity contribution in [2.45, 2.75) is 6.54 Å². The van der Waals surface area contributed by atoms with Crippen LogP contribution in [0.2, 0.25) is 0 Å². The van der Waals surface area contributed by atoms with E-state index in [0.717, 1.165) is 21.9 Å². The summed E-state index contributed by atoms with van der Waals surface area (Å²) in [6.45, 7) is 0.266. The monoisotopic (exact) mass is 357 g/mol. The van der Waals surface area contributed by atoms with Crippen LogP contribution in [-0.2, 0) is 6.54 Å². The van der Waals surface area contributed by atoms with Gasteiger partial charge in [0.25, 0.3) is 5.91 Å². The van der Waals surface area contributed by atoms with Crippen LogP contribution < -0.4 is 5.32 Å². The molecule has 0 spiro atoms. The molecule has 0 radical (unpaired) electrons. The van der Waals surface area contributed by atoms with Crippen LogP contribution in [0.25, 0.3) is 33.4 Å². The first-order valence-electron chi connectivity index (χ1n) is 8.57. The number of carbonyl (C=O) groups excluding carboxylic acids is 1. The Kier molecular flexibility index (Phi) is 3.53. The van der Waals surface area contributed by atoms with Gasteiger partial charge in [-0.15, -0.1) is 0 Å². The molecule has 0 aliphatic heterocycles. The largest absolute Gasteiger partial charge is 0.453 e. The summed E-state index contributed by atoms with van der Waals surface area (Å²) in [4.78, 5) is 15.6. The summed E-state index contributed by atoms with van der Waals surface area (Å²) >= 11 is 0. The molecule has 132 valence electrons. The number of aromatic nitrogens is 2. The van der Waals surface area contributed by atoms with Crippen LogP contribution in [-0.4, -0.2) is 16.0 Å². The van der Waals surface area contributed by atoms with Crippen LogP contribution in [0.4, 0.5) is 0 Å². The van der Waals surface area contributed by atoms with Crippen molar-refractivity contribution in [2.75, 3.05) is 0 Å². The van der Waals surface area contributed by atoms with Crippen molar-refractivity contribution in [2.24, 2.45) is 0 Å². The molecule has 0 saturated heterocycles. The van der Waals surface area contributed by atoms with E-state index in [-0.39, 0.29) is 12.5 Å². The fourth-order valence-corrected chi connectivity index (χ4v) is 3.14. The third kappa shape index (κ3) is 2.77. The van der Waals surface area contributed by atoms with Gasteiger partial charge in [0.15, 0.2) is 5.76 Å². The number of furan rings is 1. The Morgan fingerprint density at radius 2 is 1.89 bits per heavy atom. The van der Waals surface area contributed by atoms with Crippen LogP contribution in [0.15, 0.2) is 75.8 Å². The number of nitrogens with one attached hydrogen (secondary N) is 2. The standard InChI is InChI=1S/C21H15N3O3/c25-21(16-12-22-17-7-3-2-6-15(16)17)23-11-14-10-20(27-24-14)19-9-13-5-1-4-8-18(13)26-19/h1-10,12,22H,11H2,(H,23,25). The van der Waals surface area contributed by atoms with E-state index >= 15 is 0 Å². The Morgan fingerprint density at radius 1 is 1.04 bits per heavy atom. The molecule has 27 heavy (non-hydrogen) atoms. The SMILES string of the molecule is O=C(NCc1cc(-c2cc3ccccc3o2)on1)c1c[nH]c2ccccc12. The summed E-state index contributed by atoms with van der Waals surface area (Å²) in [6.07, 6.45) is 1.71. The molecule has 2 N–H and O–H groups in total. The predicted molar refractivity (Wildman–Crippen MR) is 101 cm³/mol. The molecular formula is C21H15N3O3. The minimum atomic E-state index is -0.166. The van der Waals surface area contributed by atoms with Crippen molar-refractivity contribution in [3.8, 4) is 11.5 Å². The second-order valence-corrected chi connectivity index (χ2v) is 6.26. The summed E-state index contributed by atoms with van der Waals surface area (Å²) in [5.41, 5.74) is 2.94. The van der Waals surface area contributed by atoms with Crippen LogP contribution in [0.3, 0.4) is 0 Å². The van der Waals surface area contributed by atoms with Crippen molar-refractivity contribution >= 4 is 27.8 Å². The molecule has 6 nitrogen and oxygen atoms in total. The van der Waals surface area contributed by atoms with Crippen molar-refractivity contribution in [3.63, 3.8) is 0 Å². The molecule has 1 amide bonds. The lowest BCUT2D eigenvalue weighted by molar-refractivity contribution is 0.0952. The average Bonchev–Trinajstić information content (AvgIpc) is 3.43. The maximum absolute atomic E-state index is 12.5. The van der Waals surface area contributed by atoms with Gasteiger partial charge < -0.3 is 19.2 Å². The van der Waals surface area contributed by atoms with E-state index in [4.69, 9.17) is 8.94 Å². The number of carbonyl (C=O) groups is 1. The Hall–Kier alpha value is -3.80. The fourth-order valence-electron chi connectivity index (χ4n) is 3.14. The summed E-state index contributed by atoms with van der Waals surface area (Å²) in [5, 5.41) is 8.78. The first-order valence-corrected chi connectivity index (χ1v) is 8.57. The number of H-pyrrole nitrogens is 1. The molecule has 0 atom stereocenters.